The lowest BCUT2D eigenvalue weighted by molar-refractivity contribution is -0.198. The van der Waals surface area contributed by atoms with Crippen LogP contribution >= 0.6 is 6.57 Å². The predicted octanol–water partition coefficient (Wildman–Crippen LogP) is 1.46. The summed E-state index contributed by atoms with van der Waals surface area (Å²) in [5.41, 5.74) is -3.02. The van der Waals surface area contributed by atoms with Crippen molar-refractivity contribution in [1.82, 2.24) is 15.1 Å². The van der Waals surface area contributed by atoms with Crippen LogP contribution in [-0.4, -0.2) is 95.1 Å². The minimum atomic E-state index is -3.83. The van der Waals surface area contributed by atoms with Gasteiger partial charge in [-0.15, -0.1) is 0 Å². The minimum absolute atomic E-state index is 0.493. The number of nitrogens with zero attached hydrogens (tertiary/aromatic N) is 1. The lowest BCUT2D eigenvalue weighted by atomic mass is 9.97. The van der Waals surface area contributed by atoms with Gasteiger partial charge in [-0.25, -0.2) is 23.3 Å². The molecule has 0 aromatic heterocycles. The molecule has 0 unspecified atom stereocenters. The molecule has 1 saturated heterocycles. The first-order chi connectivity index (χ1) is 18.4. The number of carbonyl (C=O) groups excluding carboxylic acids is 4. The maximum atomic E-state index is 15.1. The SMILES string of the molecule is CC(C)OC(=O)[C@H](C)NP(=S)(N[C@@H](C)C(=O)OC(C)C)OC[C@@]1(C(F)F)O[C@@H](N2C=CC(=O)CC2=O)[C@H](F)[C@@H]1O. The Morgan fingerprint density at radius 1 is 1.12 bits per heavy atom. The molecule has 17 heteroatoms. The van der Waals surface area contributed by atoms with Crippen molar-refractivity contribution in [1.29, 1.82) is 0 Å². The lowest BCUT2D eigenvalue weighted by Crippen LogP contribution is -2.53. The van der Waals surface area contributed by atoms with Crippen LogP contribution in [0.25, 0.3) is 0 Å². The smallest absolute Gasteiger partial charge is 0.323 e. The van der Waals surface area contributed by atoms with Crippen molar-refractivity contribution in [2.24, 2.45) is 0 Å². The Morgan fingerprint density at radius 3 is 2.05 bits per heavy atom. The molecule has 1 fully saturated rings. The highest BCUT2D eigenvalue weighted by Crippen LogP contribution is 2.46. The number of allylic oxidation sites excluding steroid dienone is 1. The maximum Gasteiger partial charge on any atom is 0.323 e. The molecular formula is C23H35F3N3O9PS. The van der Waals surface area contributed by atoms with Gasteiger partial charge in [0.2, 0.25) is 5.91 Å². The van der Waals surface area contributed by atoms with Gasteiger partial charge < -0.3 is 23.8 Å². The van der Waals surface area contributed by atoms with Crippen molar-refractivity contribution < 1.29 is 56.2 Å². The van der Waals surface area contributed by atoms with Gasteiger partial charge >= 0.3 is 11.9 Å². The van der Waals surface area contributed by atoms with E-state index < -0.39 is 98.0 Å². The van der Waals surface area contributed by atoms with Crippen molar-refractivity contribution in [2.45, 2.75) is 103 Å². The number of amides is 1. The fourth-order valence-corrected chi connectivity index (χ4v) is 6.66. The number of aliphatic hydroxyl groups is 1. The number of rotatable bonds is 13. The summed E-state index contributed by atoms with van der Waals surface area (Å²) in [6.07, 6.45) is -10.3. The average Bonchev–Trinajstić information content (AvgIpc) is 3.08. The van der Waals surface area contributed by atoms with Crippen LogP contribution in [0.1, 0.15) is 48.0 Å². The first-order valence-corrected chi connectivity index (χ1v) is 15.2. The highest BCUT2D eigenvalue weighted by Gasteiger charge is 2.63. The summed E-state index contributed by atoms with van der Waals surface area (Å²) in [6, 6.07) is -2.30. The molecule has 0 aliphatic carbocycles. The molecule has 0 aromatic carbocycles. The Balaban J connectivity index is 2.35. The Morgan fingerprint density at radius 2 is 1.62 bits per heavy atom. The molecule has 12 nitrogen and oxygen atoms in total. The monoisotopic (exact) mass is 617 g/mol. The second kappa shape index (κ2) is 13.8. The Kier molecular flexibility index (Phi) is 11.8. The third-order valence-electron chi connectivity index (χ3n) is 5.70. The second-order valence-corrected chi connectivity index (χ2v) is 13.3. The fourth-order valence-electron chi connectivity index (χ4n) is 3.72. The van der Waals surface area contributed by atoms with Crippen molar-refractivity contribution in [2.75, 3.05) is 6.61 Å². The third-order valence-corrected chi connectivity index (χ3v) is 8.60. The van der Waals surface area contributed by atoms with Crippen molar-refractivity contribution in [3.05, 3.63) is 12.3 Å². The molecule has 2 rings (SSSR count). The zero-order valence-electron chi connectivity index (χ0n) is 22.8. The van der Waals surface area contributed by atoms with E-state index in [9.17, 15) is 33.1 Å². The molecule has 3 N–H and O–H groups in total. The number of ether oxygens (including phenoxy) is 3. The highest BCUT2D eigenvalue weighted by molar-refractivity contribution is 8.10. The van der Waals surface area contributed by atoms with E-state index in [1.165, 1.54) is 13.8 Å². The quantitative estimate of drug-likeness (QED) is 0.156. The summed E-state index contributed by atoms with van der Waals surface area (Å²) in [5, 5.41) is 15.9. The van der Waals surface area contributed by atoms with E-state index in [0.717, 1.165) is 12.3 Å². The molecular weight excluding hydrogens is 582 g/mol. The molecule has 40 heavy (non-hydrogen) atoms. The van der Waals surface area contributed by atoms with Crippen molar-refractivity contribution in [3.63, 3.8) is 0 Å². The van der Waals surface area contributed by atoms with E-state index in [1.54, 1.807) is 27.7 Å². The lowest BCUT2D eigenvalue weighted by Gasteiger charge is -2.36. The topological polar surface area (TPSA) is 153 Å². The Labute approximate surface area is 235 Å². The molecule has 1 amide bonds. The fraction of sp³-hybridized carbons (Fsp3) is 0.739. The van der Waals surface area contributed by atoms with Crippen LogP contribution in [0.5, 0.6) is 0 Å². The number of nitrogens with one attached hydrogen (secondary N) is 2. The molecule has 228 valence electrons. The van der Waals surface area contributed by atoms with E-state index in [-0.39, 0.29) is 0 Å². The first-order valence-electron chi connectivity index (χ1n) is 12.4. The second-order valence-electron chi connectivity index (χ2n) is 9.91. The van der Waals surface area contributed by atoms with E-state index >= 15 is 4.39 Å². The number of hydrogen-bond donors (Lipinski definition) is 3. The molecule has 0 aromatic rings. The van der Waals surface area contributed by atoms with Gasteiger partial charge in [-0.3, -0.25) is 24.1 Å². The highest BCUT2D eigenvalue weighted by atomic mass is 32.4. The normalized spacial score (nSPS) is 27.0. The van der Waals surface area contributed by atoms with E-state index in [2.05, 4.69) is 10.2 Å². The van der Waals surface area contributed by atoms with E-state index in [4.69, 9.17) is 30.5 Å². The third kappa shape index (κ3) is 8.30. The molecule has 0 radical (unpaired) electrons. The van der Waals surface area contributed by atoms with Gasteiger partial charge in [0.25, 0.3) is 6.43 Å². The molecule has 0 bridgehead atoms. The van der Waals surface area contributed by atoms with Crippen LogP contribution in [0, 0.1) is 0 Å². The summed E-state index contributed by atoms with van der Waals surface area (Å²) in [4.78, 5) is 49.1. The van der Waals surface area contributed by atoms with Gasteiger partial charge in [-0.2, -0.15) is 0 Å². The zero-order valence-corrected chi connectivity index (χ0v) is 24.5. The van der Waals surface area contributed by atoms with Crippen LogP contribution in [0.15, 0.2) is 12.3 Å². The maximum absolute atomic E-state index is 15.1. The van der Waals surface area contributed by atoms with Crippen molar-refractivity contribution >= 4 is 42.0 Å². The number of carbonyl (C=O) groups is 4. The molecule has 2 heterocycles. The molecule has 6 atom stereocenters. The average molecular weight is 618 g/mol. The molecule has 2 aliphatic heterocycles. The van der Waals surface area contributed by atoms with Gasteiger partial charge in [0.05, 0.1) is 25.2 Å². The summed E-state index contributed by atoms with van der Waals surface area (Å²) >= 11 is 5.51. The summed E-state index contributed by atoms with van der Waals surface area (Å²) in [5.74, 6) is -3.02. The van der Waals surface area contributed by atoms with Gasteiger partial charge in [-0.05, 0) is 59.4 Å². The number of ketones is 1. The number of hydrogen-bond acceptors (Lipinski definition) is 10. The molecule has 0 spiro atoms. The van der Waals surface area contributed by atoms with Gasteiger partial charge in [0.1, 0.15) is 18.2 Å². The Hall–Kier alpha value is -1.94. The summed E-state index contributed by atoms with van der Waals surface area (Å²) in [6.45, 7) is 4.09. The van der Waals surface area contributed by atoms with Crippen LogP contribution < -0.4 is 10.2 Å². The Bertz CT molecular complexity index is 1020. The minimum Gasteiger partial charge on any atom is -0.462 e. The first kappa shape index (κ1) is 34.3. The van der Waals surface area contributed by atoms with Crippen LogP contribution in [0.4, 0.5) is 13.2 Å². The zero-order chi connectivity index (χ0) is 30.6. The van der Waals surface area contributed by atoms with Gasteiger partial charge in [-0.1, -0.05) is 0 Å². The molecule has 2 aliphatic rings. The van der Waals surface area contributed by atoms with Gasteiger partial charge in [0.15, 0.2) is 30.4 Å². The summed E-state index contributed by atoms with van der Waals surface area (Å²) in [7, 11) is 0. The van der Waals surface area contributed by atoms with Crippen LogP contribution in [-0.2, 0) is 49.7 Å². The van der Waals surface area contributed by atoms with Crippen molar-refractivity contribution in [3.8, 4) is 0 Å². The van der Waals surface area contributed by atoms with E-state index in [0.29, 0.717) is 4.90 Å². The number of aliphatic hydroxyl groups excluding tert-OH is 1. The largest absolute Gasteiger partial charge is 0.462 e. The molecule has 0 saturated carbocycles. The number of halogens is 3. The van der Waals surface area contributed by atoms with Gasteiger partial charge in [0, 0.05) is 6.20 Å². The number of alkyl halides is 3. The van der Waals surface area contributed by atoms with Crippen LogP contribution in [0.3, 0.4) is 0 Å². The number of esters is 2. The van der Waals surface area contributed by atoms with Crippen LogP contribution in [0.2, 0.25) is 0 Å². The standard InChI is InChI=1S/C23H35F3N3O9PS/c1-11(2)36-20(33)13(5)27-39(40,28-14(6)21(34)37-12(3)4)35-10-23(22(25)26)18(32)17(24)19(38-23)29-8-7-15(30)9-16(29)31/h7-8,11-14,17-19,22,32H,9-10H2,1-6H3,(H2,27,28,40)/t13-,14-,17+,18-,19+,23+/m0/s1. The predicted molar refractivity (Wildman–Crippen MR) is 138 cm³/mol. The van der Waals surface area contributed by atoms with E-state index in [1.807, 2.05) is 0 Å². The summed E-state index contributed by atoms with van der Waals surface area (Å²) < 4.78 is 65.1.